The van der Waals surface area contributed by atoms with Gasteiger partial charge in [-0.25, -0.2) is 8.70 Å². The maximum absolute atomic E-state index is 13.7. The van der Waals surface area contributed by atoms with Gasteiger partial charge in [-0.2, -0.15) is 12.7 Å². The largest absolute Gasteiger partial charge is 0.354 e. The van der Waals surface area contributed by atoms with Gasteiger partial charge in [-0.15, -0.1) is 0 Å². The number of nitrogens with one attached hydrogen (secondary N) is 1. The lowest BCUT2D eigenvalue weighted by molar-refractivity contribution is -0.140. The number of benzene rings is 2. The second-order valence-electron chi connectivity index (χ2n) is 8.98. The Balaban J connectivity index is 2.46. The van der Waals surface area contributed by atoms with Crippen molar-refractivity contribution in [2.75, 3.05) is 31.5 Å². The summed E-state index contributed by atoms with van der Waals surface area (Å²) in [5.74, 6) is -1.22. The van der Waals surface area contributed by atoms with Crippen molar-refractivity contribution < 1.29 is 22.4 Å². The molecule has 0 saturated heterocycles. The summed E-state index contributed by atoms with van der Waals surface area (Å²) < 4.78 is 41.6. The van der Waals surface area contributed by atoms with Crippen molar-refractivity contribution in [1.29, 1.82) is 0 Å². The van der Waals surface area contributed by atoms with Crippen LogP contribution in [0.25, 0.3) is 0 Å². The van der Waals surface area contributed by atoms with Crippen molar-refractivity contribution in [2.45, 2.75) is 39.8 Å². The Labute approximate surface area is 218 Å². The number of hydrogen-bond acceptors (Lipinski definition) is 4. The zero-order chi connectivity index (χ0) is 27.0. The quantitative estimate of drug-likeness (QED) is 0.445. The highest BCUT2D eigenvalue weighted by Gasteiger charge is 2.33. The molecule has 2 amide bonds. The van der Waals surface area contributed by atoms with E-state index in [0.717, 1.165) is 26.3 Å². The topological polar surface area (TPSA) is 90.0 Å². The molecule has 0 aliphatic rings. The molecular weight excluding hydrogens is 507 g/mol. The van der Waals surface area contributed by atoms with E-state index >= 15 is 0 Å². The van der Waals surface area contributed by atoms with Gasteiger partial charge in [-0.3, -0.25) is 9.59 Å². The minimum Gasteiger partial charge on any atom is -0.354 e. The Morgan fingerprint density at radius 2 is 1.61 bits per heavy atom. The molecule has 36 heavy (non-hydrogen) atoms. The van der Waals surface area contributed by atoms with Crippen LogP contribution in [0, 0.1) is 11.7 Å². The van der Waals surface area contributed by atoms with Crippen LogP contribution in [0.4, 0.5) is 10.1 Å². The molecule has 0 spiro atoms. The van der Waals surface area contributed by atoms with Crippen LogP contribution in [0.5, 0.6) is 0 Å². The van der Waals surface area contributed by atoms with Crippen LogP contribution in [0.2, 0.25) is 5.02 Å². The third-order valence-corrected chi connectivity index (χ3v) is 7.54. The molecule has 0 aromatic heterocycles. The fraction of sp³-hybridized carbons (Fsp3) is 0.440. The third-order valence-electron chi connectivity index (χ3n) is 5.47. The van der Waals surface area contributed by atoms with Crippen LogP contribution in [0.3, 0.4) is 0 Å². The highest BCUT2D eigenvalue weighted by atomic mass is 35.5. The molecular formula is C25H34ClFN4O4S. The summed E-state index contributed by atoms with van der Waals surface area (Å²) in [7, 11) is -1.42. The van der Waals surface area contributed by atoms with Gasteiger partial charge in [-0.05, 0) is 54.3 Å². The molecule has 1 atom stereocenters. The molecule has 1 N–H and O–H groups in total. The number of carbonyl (C=O) groups is 2. The molecule has 198 valence electrons. The van der Waals surface area contributed by atoms with Crippen LogP contribution >= 0.6 is 11.6 Å². The molecule has 1 unspecified atom stereocenters. The van der Waals surface area contributed by atoms with E-state index in [0.29, 0.717) is 18.0 Å². The van der Waals surface area contributed by atoms with E-state index in [1.165, 1.54) is 31.1 Å². The molecule has 2 aromatic rings. The Hall–Kier alpha value is -2.69. The summed E-state index contributed by atoms with van der Waals surface area (Å²) in [6.45, 7) is 5.65. The number of hydrogen-bond donors (Lipinski definition) is 1. The number of carbonyl (C=O) groups excluding carboxylic acids is 2. The minimum atomic E-state index is -4.11. The van der Waals surface area contributed by atoms with Crippen LogP contribution in [0.1, 0.15) is 32.8 Å². The van der Waals surface area contributed by atoms with Gasteiger partial charge >= 0.3 is 10.2 Å². The van der Waals surface area contributed by atoms with Gasteiger partial charge in [0.15, 0.2) is 0 Å². The maximum Gasteiger partial charge on any atom is 0.304 e. The van der Waals surface area contributed by atoms with E-state index in [-0.39, 0.29) is 24.1 Å². The fourth-order valence-corrected chi connectivity index (χ4v) is 4.63. The van der Waals surface area contributed by atoms with E-state index in [4.69, 9.17) is 11.6 Å². The SMILES string of the molecule is CCC(C(=O)NCC(C)C)N(Cc1ccc(Cl)cc1)C(=O)CN(c1ccc(F)cc1)S(=O)(=O)N(C)C. The molecule has 0 bridgehead atoms. The van der Waals surface area contributed by atoms with Crippen molar-refractivity contribution in [3.63, 3.8) is 0 Å². The van der Waals surface area contributed by atoms with Crippen LogP contribution in [-0.4, -0.2) is 62.7 Å². The average Bonchev–Trinajstić information content (AvgIpc) is 2.82. The van der Waals surface area contributed by atoms with Gasteiger partial charge in [0.2, 0.25) is 11.8 Å². The predicted molar refractivity (Wildman–Crippen MR) is 140 cm³/mol. The highest BCUT2D eigenvalue weighted by molar-refractivity contribution is 7.90. The molecule has 0 radical (unpaired) electrons. The van der Waals surface area contributed by atoms with Crippen LogP contribution in [0.15, 0.2) is 48.5 Å². The normalized spacial score (nSPS) is 12.5. The second kappa shape index (κ2) is 13.0. The Bertz CT molecular complexity index is 1130. The highest BCUT2D eigenvalue weighted by Crippen LogP contribution is 2.22. The summed E-state index contributed by atoms with van der Waals surface area (Å²) in [6, 6.07) is 10.9. The molecule has 2 aromatic carbocycles. The molecule has 0 aliphatic heterocycles. The first kappa shape index (κ1) is 29.5. The monoisotopic (exact) mass is 540 g/mol. The van der Waals surface area contributed by atoms with Gasteiger partial charge in [0, 0.05) is 32.2 Å². The summed E-state index contributed by atoms with van der Waals surface area (Å²) in [4.78, 5) is 28.1. The van der Waals surface area contributed by atoms with E-state index in [1.807, 2.05) is 13.8 Å². The molecule has 0 saturated carbocycles. The maximum atomic E-state index is 13.7. The molecule has 2 rings (SSSR count). The lowest BCUT2D eigenvalue weighted by Crippen LogP contribution is -2.53. The van der Waals surface area contributed by atoms with Gasteiger partial charge in [0.1, 0.15) is 18.4 Å². The van der Waals surface area contributed by atoms with Crippen molar-refractivity contribution in [3.05, 3.63) is 64.9 Å². The van der Waals surface area contributed by atoms with E-state index in [9.17, 15) is 22.4 Å². The Morgan fingerprint density at radius 1 is 1.03 bits per heavy atom. The van der Waals surface area contributed by atoms with Crippen molar-refractivity contribution in [1.82, 2.24) is 14.5 Å². The Morgan fingerprint density at radius 3 is 2.11 bits per heavy atom. The number of halogens is 2. The standard InChI is InChI=1S/C25H34ClFN4O4S/c1-6-23(25(33)28-15-18(2)3)30(16-19-7-9-20(26)10-8-19)24(32)17-31(36(34,35)29(4)5)22-13-11-21(27)12-14-22/h7-14,18,23H,6,15-17H2,1-5H3,(H,28,33). The fourth-order valence-electron chi connectivity index (χ4n) is 3.45. The van der Waals surface area contributed by atoms with Gasteiger partial charge in [-0.1, -0.05) is 44.5 Å². The number of anilines is 1. The molecule has 11 heteroatoms. The third kappa shape index (κ3) is 7.91. The van der Waals surface area contributed by atoms with Crippen molar-refractivity contribution >= 4 is 39.3 Å². The number of nitrogens with zero attached hydrogens (tertiary/aromatic N) is 3. The summed E-state index contributed by atoms with van der Waals surface area (Å²) >= 11 is 6.00. The molecule has 0 aliphatic carbocycles. The van der Waals surface area contributed by atoms with Gasteiger partial charge in [0.25, 0.3) is 0 Å². The summed E-state index contributed by atoms with van der Waals surface area (Å²) in [5.41, 5.74) is 0.855. The van der Waals surface area contributed by atoms with Gasteiger partial charge < -0.3 is 10.2 Å². The lowest BCUT2D eigenvalue weighted by Gasteiger charge is -2.34. The summed E-state index contributed by atoms with van der Waals surface area (Å²) in [5, 5.41) is 3.39. The predicted octanol–water partition coefficient (Wildman–Crippen LogP) is 3.67. The molecule has 0 fully saturated rings. The first-order valence-corrected chi connectivity index (χ1v) is 13.4. The average molecular weight is 541 g/mol. The Kier molecular flexibility index (Phi) is 10.7. The zero-order valence-electron chi connectivity index (χ0n) is 21.2. The minimum absolute atomic E-state index is 0.0723. The smallest absolute Gasteiger partial charge is 0.304 e. The first-order valence-electron chi connectivity index (χ1n) is 11.6. The molecule has 8 nitrogen and oxygen atoms in total. The zero-order valence-corrected chi connectivity index (χ0v) is 22.8. The number of rotatable bonds is 12. The first-order chi connectivity index (χ1) is 16.9. The van der Waals surface area contributed by atoms with Crippen LogP contribution in [-0.2, 0) is 26.3 Å². The molecule has 0 heterocycles. The second-order valence-corrected chi connectivity index (χ2v) is 11.5. The summed E-state index contributed by atoms with van der Waals surface area (Å²) in [6.07, 6.45) is 0.320. The lowest BCUT2D eigenvalue weighted by atomic mass is 10.1. The van der Waals surface area contributed by atoms with Crippen molar-refractivity contribution in [2.24, 2.45) is 5.92 Å². The number of amides is 2. The van der Waals surface area contributed by atoms with Gasteiger partial charge in [0.05, 0.1) is 5.69 Å². The van der Waals surface area contributed by atoms with E-state index < -0.39 is 34.5 Å². The van der Waals surface area contributed by atoms with E-state index in [2.05, 4.69) is 5.32 Å². The van der Waals surface area contributed by atoms with Crippen molar-refractivity contribution in [3.8, 4) is 0 Å². The van der Waals surface area contributed by atoms with Crippen LogP contribution < -0.4 is 9.62 Å². The van der Waals surface area contributed by atoms with E-state index in [1.54, 1.807) is 31.2 Å².